The summed E-state index contributed by atoms with van der Waals surface area (Å²) in [6.07, 6.45) is 0. The number of hydrogen-bond donors (Lipinski definition) is 1. The molecule has 2 rings (SSSR count). The van der Waals surface area contributed by atoms with Crippen molar-refractivity contribution in [1.29, 1.82) is 0 Å². The average molecular weight is 343 g/mol. The van der Waals surface area contributed by atoms with Gasteiger partial charge in [0.15, 0.2) is 0 Å². The minimum atomic E-state index is -0.565. The third kappa shape index (κ3) is 3.55. The Morgan fingerprint density at radius 3 is 2.63 bits per heavy atom. The third-order valence-electron chi connectivity index (χ3n) is 2.48. The van der Waals surface area contributed by atoms with Gasteiger partial charge in [0.25, 0.3) is 5.91 Å². The van der Waals surface area contributed by atoms with E-state index in [-0.39, 0.29) is 10.9 Å². The molecule has 0 heterocycles. The van der Waals surface area contributed by atoms with E-state index in [1.54, 1.807) is 18.2 Å². The second-order valence-corrected chi connectivity index (χ2v) is 5.42. The lowest BCUT2D eigenvalue weighted by molar-refractivity contribution is 0.102. The first-order valence-electron chi connectivity index (χ1n) is 5.49. The Morgan fingerprint density at radius 1 is 1.26 bits per heavy atom. The quantitative estimate of drug-likeness (QED) is 0.834. The van der Waals surface area contributed by atoms with E-state index in [0.717, 1.165) is 10.0 Å². The standard InChI is InChI=1S/C14H10BrClFNO/c1-8-4-9(6-10(15)5-8)14(19)18-11-2-3-12(16)13(17)7-11/h2-7H,1H3,(H,18,19). The summed E-state index contributed by atoms with van der Waals surface area (Å²) in [5.74, 6) is -0.865. The molecular formula is C14H10BrClFNO. The van der Waals surface area contributed by atoms with Gasteiger partial charge in [-0.3, -0.25) is 4.79 Å². The fourth-order valence-electron chi connectivity index (χ4n) is 1.64. The molecule has 19 heavy (non-hydrogen) atoms. The minimum absolute atomic E-state index is 0.0244. The van der Waals surface area contributed by atoms with Crippen molar-refractivity contribution in [3.05, 3.63) is 62.8 Å². The van der Waals surface area contributed by atoms with E-state index in [4.69, 9.17) is 11.6 Å². The van der Waals surface area contributed by atoms with Crippen LogP contribution >= 0.6 is 27.5 Å². The largest absolute Gasteiger partial charge is 0.322 e. The van der Waals surface area contributed by atoms with E-state index in [0.29, 0.717) is 11.3 Å². The molecule has 2 aromatic carbocycles. The molecule has 0 aromatic heterocycles. The molecule has 0 aliphatic heterocycles. The molecule has 0 fully saturated rings. The Hall–Kier alpha value is -1.39. The maximum absolute atomic E-state index is 13.3. The summed E-state index contributed by atoms with van der Waals surface area (Å²) in [6.45, 7) is 1.89. The summed E-state index contributed by atoms with van der Waals surface area (Å²) >= 11 is 8.91. The molecule has 0 spiro atoms. The average Bonchev–Trinajstić information content (AvgIpc) is 2.32. The monoisotopic (exact) mass is 341 g/mol. The van der Waals surface area contributed by atoms with Crippen LogP contribution in [0.4, 0.5) is 10.1 Å². The zero-order chi connectivity index (χ0) is 14.0. The zero-order valence-electron chi connectivity index (χ0n) is 10.0. The molecule has 2 aromatic rings. The predicted octanol–water partition coefficient (Wildman–Crippen LogP) is 4.80. The number of anilines is 1. The van der Waals surface area contributed by atoms with Crippen LogP contribution in [0, 0.1) is 12.7 Å². The van der Waals surface area contributed by atoms with Crippen LogP contribution in [0.15, 0.2) is 40.9 Å². The van der Waals surface area contributed by atoms with E-state index in [1.807, 2.05) is 13.0 Å². The second-order valence-electron chi connectivity index (χ2n) is 4.10. The van der Waals surface area contributed by atoms with Crippen molar-refractivity contribution in [2.45, 2.75) is 6.92 Å². The highest BCUT2D eigenvalue weighted by Gasteiger charge is 2.09. The summed E-state index contributed by atoms with van der Waals surface area (Å²) in [4.78, 5) is 12.0. The number of benzene rings is 2. The number of hydrogen-bond acceptors (Lipinski definition) is 1. The van der Waals surface area contributed by atoms with Gasteiger partial charge in [0.2, 0.25) is 0 Å². The van der Waals surface area contributed by atoms with E-state index >= 15 is 0 Å². The Balaban J connectivity index is 2.22. The number of amides is 1. The highest BCUT2D eigenvalue weighted by molar-refractivity contribution is 9.10. The van der Waals surface area contributed by atoms with Gasteiger partial charge in [-0.2, -0.15) is 0 Å². The fourth-order valence-corrected chi connectivity index (χ4v) is 2.37. The van der Waals surface area contributed by atoms with Crippen LogP contribution in [0.3, 0.4) is 0 Å². The minimum Gasteiger partial charge on any atom is -0.322 e. The molecule has 0 aliphatic rings. The van der Waals surface area contributed by atoms with Crippen molar-refractivity contribution in [1.82, 2.24) is 0 Å². The van der Waals surface area contributed by atoms with Crippen molar-refractivity contribution in [2.24, 2.45) is 0 Å². The second kappa shape index (κ2) is 5.72. The van der Waals surface area contributed by atoms with Crippen molar-refractivity contribution in [3.8, 4) is 0 Å². The Labute approximate surface area is 123 Å². The van der Waals surface area contributed by atoms with Gasteiger partial charge in [-0.15, -0.1) is 0 Å². The maximum atomic E-state index is 13.3. The molecular weight excluding hydrogens is 333 g/mol. The Kier molecular flexibility index (Phi) is 4.22. The summed E-state index contributed by atoms with van der Waals surface area (Å²) in [5, 5.41) is 2.65. The Morgan fingerprint density at radius 2 is 2.00 bits per heavy atom. The van der Waals surface area contributed by atoms with Gasteiger partial charge < -0.3 is 5.32 Å². The molecule has 0 bridgehead atoms. The number of carbonyl (C=O) groups excluding carboxylic acids is 1. The van der Waals surface area contributed by atoms with E-state index in [1.165, 1.54) is 12.1 Å². The van der Waals surface area contributed by atoms with Crippen LogP contribution < -0.4 is 5.32 Å². The Bertz CT molecular complexity index is 625. The number of halogens is 3. The molecule has 0 unspecified atom stereocenters. The van der Waals surface area contributed by atoms with Crippen LogP contribution in [0.1, 0.15) is 15.9 Å². The lowest BCUT2D eigenvalue weighted by Gasteiger charge is -2.07. The van der Waals surface area contributed by atoms with Gasteiger partial charge >= 0.3 is 0 Å². The summed E-state index contributed by atoms with van der Waals surface area (Å²) in [5.41, 5.74) is 1.83. The van der Waals surface area contributed by atoms with Crippen molar-refractivity contribution >= 4 is 39.1 Å². The maximum Gasteiger partial charge on any atom is 0.255 e. The van der Waals surface area contributed by atoms with Gasteiger partial charge in [0, 0.05) is 15.7 Å². The molecule has 1 amide bonds. The number of nitrogens with one attached hydrogen (secondary N) is 1. The first kappa shape index (κ1) is 14.0. The molecule has 98 valence electrons. The molecule has 0 saturated carbocycles. The summed E-state index contributed by atoms with van der Waals surface area (Å²) < 4.78 is 14.1. The van der Waals surface area contributed by atoms with Crippen LogP contribution in [-0.4, -0.2) is 5.91 Å². The van der Waals surface area contributed by atoms with Crippen LogP contribution in [-0.2, 0) is 0 Å². The molecule has 0 atom stereocenters. The first-order valence-corrected chi connectivity index (χ1v) is 6.66. The number of rotatable bonds is 2. The van der Waals surface area contributed by atoms with Crippen LogP contribution in [0.5, 0.6) is 0 Å². The highest BCUT2D eigenvalue weighted by atomic mass is 79.9. The van der Waals surface area contributed by atoms with E-state index in [9.17, 15) is 9.18 Å². The van der Waals surface area contributed by atoms with Crippen LogP contribution in [0.25, 0.3) is 0 Å². The van der Waals surface area contributed by atoms with Gasteiger partial charge in [0.1, 0.15) is 5.82 Å². The molecule has 2 nitrogen and oxygen atoms in total. The van der Waals surface area contributed by atoms with Crippen molar-refractivity contribution in [3.63, 3.8) is 0 Å². The molecule has 0 radical (unpaired) electrons. The van der Waals surface area contributed by atoms with Crippen molar-refractivity contribution < 1.29 is 9.18 Å². The number of carbonyl (C=O) groups is 1. The lowest BCUT2D eigenvalue weighted by atomic mass is 10.1. The SMILES string of the molecule is Cc1cc(Br)cc(C(=O)Nc2ccc(Cl)c(F)c2)c1. The third-order valence-corrected chi connectivity index (χ3v) is 3.25. The van der Waals surface area contributed by atoms with Gasteiger partial charge in [0.05, 0.1) is 5.02 Å². The summed E-state index contributed by atoms with van der Waals surface area (Å²) in [6, 6.07) is 9.50. The highest BCUT2D eigenvalue weighted by Crippen LogP contribution is 2.20. The molecule has 0 saturated heterocycles. The predicted molar refractivity (Wildman–Crippen MR) is 78.2 cm³/mol. The van der Waals surface area contributed by atoms with Gasteiger partial charge in [-0.25, -0.2) is 4.39 Å². The molecule has 1 N–H and O–H groups in total. The lowest BCUT2D eigenvalue weighted by Crippen LogP contribution is -2.12. The van der Waals surface area contributed by atoms with E-state index in [2.05, 4.69) is 21.2 Å². The van der Waals surface area contributed by atoms with Gasteiger partial charge in [-0.1, -0.05) is 27.5 Å². The zero-order valence-corrected chi connectivity index (χ0v) is 12.3. The molecule has 0 aliphatic carbocycles. The number of aryl methyl sites for hydroxylation is 1. The van der Waals surface area contributed by atoms with Gasteiger partial charge in [-0.05, 0) is 48.9 Å². The van der Waals surface area contributed by atoms with E-state index < -0.39 is 5.82 Å². The topological polar surface area (TPSA) is 29.1 Å². The van der Waals surface area contributed by atoms with Crippen molar-refractivity contribution in [2.75, 3.05) is 5.32 Å². The fraction of sp³-hybridized carbons (Fsp3) is 0.0714. The first-order chi connectivity index (χ1) is 8.95. The normalized spacial score (nSPS) is 10.3. The van der Waals surface area contributed by atoms with Crippen LogP contribution in [0.2, 0.25) is 5.02 Å². The smallest absolute Gasteiger partial charge is 0.255 e. The molecule has 5 heteroatoms. The summed E-state index contributed by atoms with van der Waals surface area (Å²) in [7, 11) is 0.